The first-order chi connectivity index (χ1) is 12.1. The molecule has 5 heteroatoms. The Kier molecular flexibility index (Phi) is 5.64. The minimum atomic E-state index is -2.85. The van der Waals surface area contributed by atoms with Gasteiger partial charge in [0.15, 0.2) is 0 Å². The highest BCUT2D eigenvalue weighted by atomic mass is 19.3. The topological polar surface area (TPSA) is 38.3 Å². The summed E-state index contributed by atoms with van der Waals surface area (Å²) in [7, 11) is 0. The Balaban J connectivity index is 1.82. The van der Waals surface area contributed by atoms with Gasteiger partial charge in [0.2, 0.25) is 5.91 Å². The summed E-state index contributed by atoms with van der Waals surface area (Å²) in [4.78, 5) is 12.6. The van der Waals surface area contributed by atoms with Gasteiger partial charge in [-0.1, -0.05) is 55.3 Å². The zero-order valence-electron chi connectivity index (χ0n) is 13.8. The normalized spacial score (nSPS) is 16.0. The number of alkyl halides is 2. The molecule has 1 N–H and O–H groups in total. The molecule has 0 aromatic heterocycles. The van der Waals surface area contributed by atoms with Crippen molar-refractivity contribution in [3.05, 3.63) is 65.7 Å². The summed E-state index contributed by atoms with van der Waals surface area (Å²) in [6, 6.07) is 15.8. The summed E-state index contributed by atoms with van der Waals surface area (Å²) in [6.07, 6.45) is 4.03. The van der Waals surface area contributed by atoms with E-state index in [2.05, 4.69) is 10.1 Å². The number of hydrogen-bond acceptors (Lipinski definition) is 2. The van der Waals surface area contributed by atoms with Crippen molar-refractivity contribution in [1.82, 2.24) is 5.32 Å². The zero-order valence-corrected chi connectivity index (χ0v) is 13.8. The zero-order chi connectivity index (χ0) is 17.6. The average Bonchev–Trinajstić information content (AvgIpc) is 3.15. The predicted octanol–water partition coefficient (Wildman–Crippen LogP) is 4.68. The molecule has 1 aliphatic rings. The van der Waals surface area contributed by atoms with E-state index in [1.54, 1.807) is 12.1 Å². The lowest BCUT2D eigenvalue weighted by molar-refractivity contribution is -0.125. The first kappa shape index (κ1) is 17.4. The van der Waals surface area contributed by atoms with Gasteiger partial charge in [-0.3, -0.25) is 4.79 Å². The van der Waals surface area contributed by atoms with E-state index >= 15 is 0 Å². The lowest BCUT2D eigenvalue weighted by Gasteiger charge is -2.22. The fraction of sp³-hybridized carbons (Fsp3) is 0.350. The van der Waals surface area contributed by atoms with Crippen molar-refractivity contribution < 1.29 is 18.3 Å². The molecule has 1 unspecified atom stereocenters. The first-order valence-electron chi connectivity index (χ1n) is 8.53. The molecule has 3 rings (SSSR count). The maximum Gasteiger partial charge on any atom is 0.387 e. The van der Waals surface area contributed by atoms with Crippen LogP contribution >= 0.6 is 0 Å². The number of rotatable bonds is 6. The third-order valence-corrected chi connectivity index (χ3v) is 4.58. The van der Waals surface area contributed by atoms with Crippen molar-refractivity contribution in [1.29, 1.82) is 0 Å². The molecule has 1 atom stereocenters. The smallest absolute Gasteiger partial charge is 0.387 e. The highest BCUT2D eigenvalue weighted by Gasteiger charge is 2.26. The Hall–Kier alpha value is -2.43. The second-order valence-corrected chi connectivity index (χ2v) is 6.28. The van der Waals surface area contributed by atoms with Crippen LogP contribution in [-0.2, 0) is 4.79 Å². The molecule has 0 heterocycles. The van der Waals surface area contributed by atoms with Crippen molar-refractivity contribution in [3.8, 4) is 5.75 Å². The number of carbonyl (C=O) groups is 1. The van der Waals surface area contributed by atoms with Crippen LogP contribution in [0.5, 0.6) is 5.75 Å². The SMILES string of the molecule is O=C(NC(c1ccccc1)c1ccc(OC(F)F)cc1)C1CCCC1. The van der Waals surface area contributed by atoms with Gasteiger partial charge in [-0.25, -0.2) is 0 Å². The van der Waals surface area contributed by atoms with Crippen LogP contribution in [0.15, 0.2) is 54.6 Å². The van der Waals surface area contributed by atoms with Crippen molar-refractivity contribution in [2.45, 2.75) is 38.3 Å². The standard InChI is InChI=1S/C20H21F2NO2/c21-20(22)25-17-12-10-15(11-13-17)18(14-6-2-1-3-7-14)23-19(24)16-8-4-5-9-16/h1-3,6-7,10-13,16,18,20H,4-5,8-9H2,(H,23,24). The van der Waals surface area contributed by atoms with E-state index in [0.717, 1.165) is 36.8 Å². The molecule has 3 nitrogen and oxygen atoms in total. The van der Waals surface area contributed by atoms with E-state index < -0.39 is 6.61 Å². The molecule has 0 spiro atoms. The largest absolute Gasteiger partial charge is 0.435 e. The maximum absolute atomic E-state index is 12.6. The summed E-state index contributed by atoms with van der Waals surface area (Å²) in [5.41, 5.74) is 1.79. The Morgan fingerprint density at radius 2 is 1.56 bits per heavy atom. The Morgan fingerprint density at radius 1 is 0.960 bits per heavy atom. The van der Waals surface area contributed by atoms with Crippen LogP contribution in [0.1, 0.15) is 42.9 Å². The monoisotopic (exact) mass is 345 g/mol. The maximum atomic E-state index is 12.6. The highest BCUT2D eigenvalue weighted by Crippen LogP contribution is 2.28. The average molecular weight is 345 g/mol. The molecule has 2 aromatic carbocycles. The summed E-state index contributed by atoms with van der Waals surface area (Å²) in [6.45, 7) is -2.85. The van der Waals surface area contributed by atoms with Crippen molar-refractivity contribution in [2.75, 3.05) is 0 Å². The quantitative estimate of drug-likeness (QED) is 0.825. The van der Waals surface area contributed by atoms with Gasteiger partial charge in [0.05, 0.1) is 6.04 Å². The van der Waals surface area contributed by atoms with E-state index in [4.69, 9.17) is 0 Å². The highest BCUT2D eigenvalue weighted by molar-refractivity contribution is 5.79. The number of benzene rings is 2. The minimum Gasteiger partial charge on any atom is -0.435 e. The van der Waals surface area contributed by atoms with E-state index in [9.17, 15) is 13.6 Å². The van der Waals surface area contributed by atoms with Gasteiger partial charge in [-0.05, 0) is 36.1 Å². The third-order valence-electron chi connectivity index (χ3n) is 4.58. The first-order valence-corrected chi connectivity index (χ1v) is 8.53. The molecule has 25 heavy (non-hydrogen) atoms. The number of hydrogen-bond donors (Lipinski definition) is 1. The molecule has 1 amide bonds. The lowest BCUT2D eigenvalue weighted by Crippen LogP contribution is -2.33. The second kappa shape index (κ2) is 8.10. The molecular weight excluding hydrogens is 324 g/mol. The Labute approximate surface area is 146 Å². The second-order valence-electron chi connectivity index (χ2n) is 6.28. The third kappa shape index (κ3) is 4.56. The van der Waals surface area contributed by atoms with E-state index in [1.165, 1.54) is 12.1 Å². The van der Waals surface area contributed by atoms with Gasteiger partial charge in [0, 0.05) is 5.92 Å². The molecule has 1 aliphatic carbocycles. The molecular formula is C20H21F2NO2. The minimum absolute atomic E-state index is 0.0549. The van der Waals surface area contributed by atoms with E-state index in [0.29, 0.717) is 0 Å². The van der Waals surface area contributed by atoms with Gasteiger partial charge in [-0.2, -0.15) is 8.78 Å². The number of carbonyl (C=O) groups excluding carboxylic acids is 1. The van der Waals surface area contributed by atoms with Gasteiger partial charge in [-0.15, -0.1) is 0 Å². The fourth-order valence-electron chi connectivity index (χ4n) is 3.29. The van der Waals surface area contributed by atoms with E-state index in [-0.39, 0.29) is 23.6 Å². The van der Waals surface area contributed by atoms with Crippen molar-refractivity contribution >= 4 is 5.91 Å². The van der Waals surface area contributed by atoms with Gasteiger partial charge < -0.3 is 10.1 Å². The van der Waals surface area contributed by atoms with Crippen LogP contribution in [0.2, 0.25) is 0 Å². The summed E-state index contributed by atoms with van der Waals surface area (Å²) in [5, 5.41) is 3.12. The van der Waals surface area contributed by atoms with Crippen LogP contribution in [0.4, 0.5) is 8.78 Å². The van der Waals surface area contributed by atoms with Crippen LogP contribution in [0.25, 0.3) is 0 Å². The van der Waals surface area contributed by atoms with Crippen LogP contribution in [0.3, 0.4) is 0 Å². The molecule has 1 saturated carbocycles. The Bertz CT molecular complexity index is 683. The van der Waals surface area contributed by atoms with Crippen LogP contribution in [0, 0.1) is 5.92 Å². The molecule has 0 bridgehead atoms. The van der Waals surface area contributed by atoms with Gasteiger partial charge in [0.25, 0.3) is 0 Å². The summed E-state index contributed by atoms with van der Waals surface area (Å²) >= 11 is 0. The molecule has 0 saturated heterocycles. The fourth-order valence-corrected chi connectivity index (χ4v) is 3.29. The molecule has 0 aliphatic heterocycles. The molecule has 132 valence electrons. The van der Waals surface area contributed by atoms with Crippen molar-refractivity contribution in [2.24, 2.45) is 5.92 Å². The van der Waals surface area contributed by atoms with Gasteiger partial charge in [0.1, 0.15) is 5.75 Å². The summed E-state index contributed by atoms with van der Waals surface area (Å²) in [5.74, 6) is 0.222. The lowest BCUT2D eigenvalue weighted by atomic mass is 9.97. The number of ether oxygens (including phenoxy) is 1. The summed E-state index contributed by atoms with van der Waals surface area (Å²) < 4.78 is 29.0. The number of halogens is 2. The predicted molar refractivity (Wildman–Crippen MR) is 91.5 cm³/mol. The molecule has 2 aromatic rings. The molecule has 0 radical (unpaired) electrons. The van der Waals surface area contributed by atoms with Crippen LogP contribution < -0.4 is 10.1 Å². The molecule has 1 fully saturated rings. The van der Waals surface area contributed by atoms with Gasteiger partial charge >= 0.3 is 6.61 Å². The van der Waals surface area contributed by atoms with Crippen LogP contribution in [-0.4, -0.2) is 12.5 Å². The Morgan fingerprint density at radius 3 is 2.16 bits per heavy atom. The number of nitrogens with one attached hydrogen (secondary N) is 1. The van der Waals surface area contributed by atoms with E-state index in [1.807, 2.05) is 30.3 Å². The number of amides is 1. The van der Waals surface area contributed by atoms with Crippen molar-refractivity contribution in [3.63, 3.8) is 0 Å².